The second-order valence-electron chi connectivity index (χ2n) is 5.61. The molecule has 6 heteroatoms. The fourth-order valence-electron chi connectivity index (χ4n) is 2.49. The highest BCUT2D eigenvalue weighted by atomic mass is 35.5. The first-order valence-electron chi connectivity index (χ1n) is 7.84. The molecule has 1 heterocycles. The number of nitrogens with zero attached hydrogens (tertiary/aromatic N) is 2. The lowest BCUT2D eigenvalue weighted by molar-refractivity contribution is 0.410. The van der Waals surface area contributed by atoms with Crippen molar-refractivity contribution in [2.24, 2.45) is 10.7 Å². The molecule has 0 aliphatic heterocycles. The Hall–Kier alpha value is -2.79. The van der Waals surface area contributed by atoms with Crippen molar-refractivity contribution in [3.05, 3.63) is 82.4 Å². The maximum absolute atomic E-state index is 6.13. The molecular formula is C19H19ClN4O. The van der Waals surface area contributed by atoms with Gasteiger partial charge in [0.2, 0.25) is 0 Å². The number of aromatic amines is 1. The lowest BCUT2D eigenvalue weighted by Crippen LogP contribution is -2.14. The number of ether oxygens (including phenoxy) is 1. The van der Waals surface area contributed by atoms with Gasteiger partial charge >= 0.3 is 0 Å². The predicted octanol–water partition coefficient (Wildman–Crippen LogP) is 3.57. The number of nitrogens with one attached hydrogen (secondary N) is 1. The van der Waals surface area contributed by atoms with Crippen LogP contribution in [-0.2, 0) is 13.0 Å². The SMILES string of the molecule is COc1cc(C(N)=NCc2ccc(Cl)cc2)ccc1Cc1cnc[nH]1. The van der Waals surface area contributed by atoms with E-state index in [9.17, 15) is 0 Å². The molecule has 0 spiro atoms. The number of hydrogen-bond acceptors (Lipinski definition) is 3. The number of imidazole rings is 1. The van der Waals surface area contributed by atoms with E-state index >= 15 is 0 Å². The predicted molar refractivity (Wildman–Crippen MR) is 100 cm³/mol. The van der Waals surface area contributed by atoms with E-state index < -0.39 is 0 Å². The van der Waals surface area contributed by atoms with Crippen molar-refractivity contribution in [1.82, 2.24) is 9.97 Å². The molecule has 0 bridgehead atoms. The summed E-state index contributed by atoms with van der Waals surface area (Å²) in [6.45, 7) is 0.501. The van der Waals surface area contributed by atoms with Crippen molar-refractivity contribution in [1.29, 1.82) is 0 Å². The van der Waals surface area contributed by atoms with Crippen LogP contribution in [0.4, 0.5) is 0 Å². The Kier molecular flexibility index (Phi) is 5.36. The number of aromatic nitrogens is 2. The number of nitrogens with two attached hydrogens (primary N) is 1. The van der Waals surface area contributed by atoms with E-state index in [0.29, 0.717) is 23.8 Å². The van der Waals surface area contributed by atoms with Crippen LogP contribution in [0.3, 0.4) is 0 Å². The summed E-state index contributed by atoms with van der Waals surface area (Å²) in [5, 5.41) is 0.707. The molecule has 128 valence electrons. The van der Waals surface area contributed by atoms with Crippen molar-refractivity contribution in [3.8, 4) is 5.75 Å². The second-order valence-corrected chi connectivity index (χ2v) is 6.04. The van der Waals surface area contributed by atoms with Crippen LogP contribution in [0.25, 0.3) is 0 Å². The van der Waals surface area contributed by atoms with Gasteiger partial charge in [0.1, 0.15) is 11.6 Å². The molecule has 3 N–H and O–H groups in total. The Morgan fingerprint density at radius 2 is 2.04 bits per heavy atom. The summed E-state index contributed by atoms with van der Waals surface area (Å²) in [7, 11) is 1.65. The molecule has 1 aromatic heterocycles. The van der Waals surface area contributed by atoms with Gasteiger partial charge in [0.15, 0.2) is 0 Å². The van der Waals surface area contributed by atoms with Crippen molar-refractivity contribution in [3.63, 3.8) is 0 Å². The Balaban J connectivity index is 1.76. The third-order valence-corrected chi connectivity index (χ3v) is 4.12. The maximum atomic E-state index is 6.13. The number of hydrogen-bond donors (Lipinski definition) is 2. The van der Waals surface area contributed by atoms with Crippen LogP contribution in [0.15, 0.2) is 60.0 Å². The molecule has 0 unspecified atom stereocenters. The van der Waals surface area contributed by atoms with Gasteiger partial charge in [-0.3, -0.25) is 4.99 Å². The third kappa shape index (κ3) is 4.39. The van der Waals surface area contributed by atoms with Crippen molar-refractivity contribution < 1.29 is 4.74 Å². The van der Waals surface area contributed by atoms with Gasteiger partial charge in [0.25, 0.3) is 0 Å². The van der Waals surface area contributed by atoms with Gasteiger partial charge in [0.05, 0.1) is 20.0 Å². The van der Waals surface area contributed by atoms with E-state index in [2.05, 4.69) is 15.0 Å². The van der Waals surface area contributed by atoms with Crippen molar-refractivity contribution >= 4 is 17.4 Å². The molecular weight excluding hydrogens is 336 g/mol. The van der Waals surface area contributed by atoms with Crippen LogP contribution >= 0.6 is 11.6 Å². The molecule has 0 amide bonds. The van der Waals surface area contributed by atoms with E-state index in [0.717, 1.165) is 28.1 Å². The van der Waals surface area contributed by atoms with Gasteiger partial charge in [-0.2, -0.15) is 0 Å². The summed E-state index contributed by atoms with van der Waals surface area (Å²) >= 11 is 5.89. The van der Waals surface area contributed by atoms with Gasteiger partial charge in [-0.25, -0.2) is 4.98 Å². The van der Waals surface area contributed by atoms with Crippen LogP contribution in [0, 0.1) is 0 Å². The van der Waals surface area contributed by atoms with Gasteiger partial charge in [-0.15, -0.1) is 0 Å². The van der Waals surface area contributed by atoms with E-state index in [1.54, 1.807) is 19.6 Å². The summed E-state index contributed by atoms with van der Waals surface area (Å²) in [5.74, 6) is 1.25. The van der Waals surface area contributed by atoms with Crippen molar-refractivity contribution in [2.45, 2.75) is 13.0 Å². The number of amidine groups is 1. The van der Waals surface area contributed by atoms with E-state index in [-0.39, 0.29) is 0 Å². The lowest BCUT2D eigenvalue weighted by Gasteiger charge is -2.10. The number of halogens is 1. The molecule has 25 heavy (non-hydrogen) atoms. The Morgan fingerprint density at radius 1 is 1.24 bits per heavy atom. The molecule has 0 aliphatic carbocycles. The Labute approximate surface area is 151 Å². The smallest absolute Gasteiger partial charge is 0.126 e. The van der Waals surface area contributed by atoms with Crippen LogP contribution < -0.4 is 10.5 Å². The van der Waals surface area contributed by atoms with Crippen LogP contribution in [0.5, 0.6) is 5.75 Å². The summed E-state index contributed by atoms with van der Waals surface area (Å²) in [5.41, 5.74) is 10.1. The minimum Gasteiger partial charge on any atom is -0.496 e. The molecule has 0 atom stereocenters. The molecule has 3 rings (SSSR count). The largest absolute Gasteiger partial charge is 0.496 e. The lowest BCUT2D eigenvalue weighted by atomic mass is 10.1. The Bertz CT molecular complexity index is 858. The van der Waals surface area contributed by atoms with E-state index in [4.69, 9.17) is 22.1 Å². The monoisotopic (exact) mass is 354 g/mol. The molecule has 2 aromatic carbocycles. The molecule has 0 aliphatic rings. The zero-order chi connectivity index (χ0) is 17.6. The summed E-state index contributed by atoms with van der Waals surface area (Å²) in [6.07, 6.45) is 4.18. The number of rotatable bonds is 6. The van der Waals surface area contributed by atoms with E-state index in [1.807, 2.05) is 42.5 Å². The highest BCUT2D eigenvalue weighted by Gasteiger charge is 2.08. The highest BCUT2D eigenvalue weighted by molar-refractivity contribution is 6.30. The van der Waals surface area contributed by atoms with E-state index in [1.165, 1.54) is 0 Å². The van der Waals surface area contributed by atoms with Gasteiger partial charge in [0, 0.05) is 34.5 Å². The first-order chi connectivity index (χ1) is 12.2. The van der Waals surface area contributed by atoms with Gasteiger partial charge in [-0.1, -0.05) is 35.9 Å². The summed E-state index contributed by atoms with van der Waals surface area (Å²) in [4.78, 5) is 11.6. The number of H-pyrrole nitrogens is 1. The van der Waals surface area contributed by atoms with Crippen LogP contribution in [0.2, 0.25) is 5.02 Å². The molecule has 3 aromatic rings. The number of aliphatic imine (C=N–C) groups is 1. The topological polar surface area (TPSA) is 76.3 Å². The third-order valence-electron chi connectivity index (χ3n) is 3.86. The van der Waals surface area contributed by atoms with Crippen LogP contribution in [0.1, 0.15) is 22.4 Å². The molecule has 0 fully saturated rings. The average molecular weight is 355 g/mol. The zero-order valence-electron chi connectivity index (χ0n) is 13.9. The summed E-state index contributed by atoms with van der Waals surface area (Å²) < 4.78 is 5.50. The minimum absolute atomic E-state index is 0.473. The Morgan fingerprint density at radius 3 is 2.72 bits per heavy atom. The van der Waals surface area contributed by atoms with Crippen molar-refractivity contribution in [2.75, 3.05) is 7.11 Å². The highest BCUT2D eigenvalue weighted by Crippen LogP contribution is 2.22. The van der Waals surface area contributed by atoms with Gasteiger partial charge in [-0.05, 0) is 23.8 Å². The normalized spacial score (nSPS) is 11.5. The van der Waals surface area contributed by atoms with Crippen LogP contribution in [-0.4, -0.2) is 22.9 Å². The standard InChI is InChI=1S/C19H19ClN4O/c1-25-18-9-15(5-4-14(18)8-17-11-22-12-24-17)19(21)23-10-13-2-6-16(20)7-3-13/h2-7,9,11-12H,8,10H2,1H3,(H2,21,23)(H,22,24). The second kappa shape index (κ2) is 7.85. The fourth-order valence-corrected chi connectivity index (χ4v) is 2.62. The zero-order valence-corrected chi connectivity index (χ0v) is 14.6. The molecule has 5 nitrogen and oxygen atoms in total. The first-order valence-corrected chi connectivity index (χ1v) is 8.22. The molecule has 0 saturated heterocycles. The fraction of sp³-hybridized carbons (Fsp3) is 0.158. The molecule has 0 saturated carbocycles. The number of methoxy groups -OCH3 is 1. The minimum atomic E-state index is 0.473. The maximum Gasteiger partial charge on any atom is 0.126 e. The van der Waals surface area contributed by atoms with Gasteiger partial charge < -0.3 is 15.5 Å². The molecule has 0 radical (unpaired) electrons. The average Bonchev–Trinajstić information content (AvgIpc) is 3.14. The number of benzene rings is 2. The first kappa shape index (κ1) is 17.0. The summed E-state index contributed by atoms with van der Waals surface area (Å²) in [6, 6.07) is 13.4. The quantitative estimate of drug-likeness (QED) is 0.525.